The standard InChI is InChI=1S/C13H11Cl2N3O/c14-9-3-10(15)5-11(4-9)18-7-16-12-6-17(8-19)2-1-13(12)18/h3-5,7-8H,1-2,6H2. The van der Waals surface area contributed by atoms with Crippen LogP contribution in [-0.4, -0.2) is 27.4 Å². The average molecular weight is 296 g/mol. The zero-order chi connectivity index (χ0) is 13.4. The van der Waals surface area contributed by atoms with Gasteiger partial charge >= 0.3 is 0 Å². The normalized spacial score (nSPS) is 14.3. The molecule has 2 heterocycles. The Kier molecular flexibility index (Phi) is 3.21. The molecule has 0 radical (unpaired) electrons. The van der Waals surface area contributed by atoms with E-state index >= 15 is 0 Å². The maximum Gasteiger partial charge on any atom is 0.210 e. The molecule has 0 aliphatic carbocycles. The number of carbonyl (C=O) groups is 1. The molecule has 1 aliphatic heterocycles. The lowest BCUT2D eigenvalue weighted by Crippen LogP contribution is -2.29. The van der Waals surface area contributed by atoms with E-state index in [1.54, 1.807) is 17.3 Å². The smallest absolute Gasteiger partial charge is 0.210 e. The van der Waals surface area contributed by atoms with Gasteiger partial charge in [-0.05, 0) is 18.2 Å². The molecule has 98 valence electrons. The quantitative estimate of drug-likeness (QED) is 0.799. The molecule has 1 aromatic carbocycles. The van der Waals surface area contributed by atoms with Crippen molar-refractivity contribution in [2.24, 2.45) is 0 Å². The number of halogens is 2. The van der Waals surface area contributed by atoms with Crippen LogP contribution in [0.25, 0.3) is 5.69 Å². The zero-order valence-electron chi connectivity index (χ0n) is 10.0. The van der Waals surface area contributed by atoms with Gasteiger partial charge in [-0.2, -0.15) is 0 Å². The number of nitrogens with zero attached hydrogens (tertiary/aromatic N) is 3. The lowest BCUT2D eigenvalue weighted by molar-refractivity contribution is -0.119. The third-order valence-corrected chi connectivity index (χ3v) is 3.65. The maximum absolute atomic E-state index is 10.8. The number of fused-ring (bicyclic) bond motifs is 1. The molecule has 1 aliphatic rings. The summed E-state index contributed by atoms with van der Waals surface area (Å²) in [5, 5.41) is 1.19. The summed E-state index contributed by atoms with van der Waals surface area (Å²) in [7, 11) is 0. The molecule has 2 aromatic rings. The van der Waals surface area contributed by atoms with Crippen LogP contribution in [0, 0.1) is 0 Å². The minimum atomic E-state index is 0.556. The summed E-state index contributed by atoms with van der Waals surface area (Å²) in [6.45, 7) is 1.26. The lowest BCUT2D eigenvalue weighted by atomic mass is 10.1. The Morgan fingerprint density at radius 1 is 1.21 bits per heavy atom. The van der Waals surface area contributed by atoms with Gasteiger partial charge in [-0.3, -0.25) is 4.79 Å². The van der Waals surface area contributed by atoms with Crippen LogP contribution in [0.3, 0.4) is 0 Å². The van der Waals surface area contributed by atoms with Gasteiger partial charge in [0.15, 0.2) is 0 Å². The Labute approximate surface area is 120 Å². The van der Waals surface area contributed by atoms with Crippen molar-refractivity contribution in [3.63, 3.8) is 0 Å². The Morgan fingerprint density at radius 3 is 2.63 bits per heavy atom. The summed E-state index contributed by atoms with van der Waals surface area (Å²) in [6, 6.07) is 5.40. The molecule has 1 amide bonds. The first-order valence-electron chi connectivity index (χ1n) is 5.88. The van der Waals surface area contributed by atoms with E-state index in [9.17, 15) is 4.79 Å². The molecule has 0 saturated heterocycles. The second kappa shape index (κ2) is 4.87. The molecule has 1 aromatic heterocycles. The van der Waals surface area contributed by atoms with Crippen LogP contribution in [0.5, 0.6) is 0 Å². The lowest BCUT2D eigenvalue weighted by Gasteiger charge is -2.23. The van der Waals surface area contributed by atoms with Gasteiger partial charge in [-0.15, -0.1) is 0 Å². The third-order valence-electron chi connectivity index (χ3n) is 3.22. The van der Waals surface area contributed by atoms with Crippen molar-refractivity contribution in [1.29, 1.82) is 0 Å². The largest absolute Gasteiger partial charge is 0.339 e. The van der Waals surface area contributed by atoms with E-state index in [2.05, 4.69) is 4.98 Å². The first-order chi connectivity index (χ1) is 9.17. The van der Waals surface area contributed by atoms with Crippen molar-refractivity contribution < 1.29 is 4.79 Å². The monoisotopic (exact) mass is 295 g/mol. The fourth-order valence-corrected chi connectivity index (χ4v) is 2.83. The highest BCUT2D eigenvalue weighted by Gasteiger charge is 2.20. The summed E-state index contributed by atoms with van der Waals surface area (Å²) in [6.07, 6.45) is 3.39. The van der Waals surface area contributed by atoms with Crippen LogP contribution in [0.4, 0.5) is 0 Å². The molecule has 0 N–H and O–H groups in total. The molecule has 0 spiro atoms. The second-order valence-corrected chi connectivity index (χ2v) is 5.33. The Morgan fingerprint density at radius 2 is 1.95 bits per heavy atom. The Balaban J connectivity index is 2.03. The second-order valence-electron chi connectivity index (χ2n) is 4.46. The van der Waals surface area contributed by atoms with Crippen molar-refractivity contribution in [2.75, 3.05) is 6.54 Å². The third kappa shape index (κ3) is 2.33. The minimum absolute atomic E-state index is 0.556. The van der Waals surface area contributed by atoms with E-state index in [1.807, 2.05) is 16.7 Å². The van der Waals surface area contributed by atoms with Crippen LogP contribution in [-0.2, 0) is 17.8 Å². The van der Waals surface area contributed by atoms with Gasteiger partial charge in [0.05, 0.1) is 18.6 Å². The van der Waals surface area contributed by atoms with Crippen LogP contribution < -0.4 is 0 Å². The molecule has 0 atom stereocenters. The van der Waals surface area contributed by atoms with E-state index in [-0.39, 0.29) is 0 Å². The fraction of sp³-hybridized carbons (Fsp3) is 0.231. The maximum atomic E-state index is 10.8. The number of benzene rings is 1. The predicted octanol–water partition coefficient (Wildman–Crippen LogP) is 2.69. The summed E-state index contributed by atoms with van der Waals surface area (Å²) in [5.41, 5.74) is 2.93. The molecule has 0 fully saturated rings. The molecule has 0 saturated carbocycles. The number of aromatic nitrogens is 2. The van der Waals surface area contributed by atoms with Crippen molar-refractivity contribution >= 4 is 29.6 Å². The summed E-state index contributed by atoms with van der Waals surface area (Å²) >= 11 is 12.0. The Hall–Kier alpha value is -1.52. The van der Waals surface area contributed by atoms with Crippen molar-refractivity contribution in [3.8, 4) is 5.69 Å². The predicted molar refractivity (Wildman–Crippen MR) is 73.8 cm³/mol. The molecule has 0 unspecified atom stereocenters. The van der Waals surface area contributed by atoms with Crippen molar-refractivity contribution in [2.45, 2.75) is 13.0 Å². The molecule has 3 rings (SSSR count). The number of imidazole rings is 1. The van der Waals surface area contributed by atoms with Gasteiger partial charge in [0, 0.05) is 34.4 Å². The van der Waals surface area contributed by atoms with Crippen LogP contribution in [0.2, 0.25) is 10.0 Å². The SMILES string of the molecule is O=CN1CCc2c(ncn2-c2cc(Cl)cc(Cl)c2)C1. The molecular formula is C13H11Cl2N3O. The summed E-state index contributed by atoms with van der Waals surface area (Å²) < 4.78 is 1.98. The summed E-state index contributed by atoms with van der Waals surface area (Å²) in [5.74, 6) is 0. The van der Waals surface area contributed by atoms with Gasteiger partial charge in [-0.25, -0.2) is 4.98 Å². The van der Waals surface area contributed by atoms with Crippen LogP contribution in [0.15, 0.2) is 24.5 Å². The highest BCUT2D eigenvalue weighted by molar-refractivity contribution is 6.34. The minimum Gasteiger partial charge on any atom is -0.339 e. The number of hydrogen-bond donors (Lipinski definition) is 0. The highest BCUT2D eigenvalue weighted by atomic mass is 35.5. The number of amides is 1. The van der Waals surface area contributed by atoms with E-state index in [0.29, 0.717) is 23.1 Å². The number of carbonyl (C=O) groups excluding carboxylic acids is 1. The van der Waals surface area contributed by atoms with E-state index < -0.39 is 0 Å². The van der Waals surface area contributed by atoms with E-state index in [4.69, 9.17) is 23.2 Å². The summed E-state index contributed by atoms with van der Waals surface area (Å²) in [4.78, 5) is 16.9. The number of hydrogen-bond acceptors (Lipinski definition) is 2. The molecule has 4 nitrogen and oxygen atoms in total. The Bertz CT molecular complexity index is 619. The van der Waals surface area contributed by atoms with Gasteiger partial charge in [-0.1, -0.05) is 23.2 Å². The van der Waals surface area contributed by atoms with Crippen molar-refractivity contribution in [1.82, 2.24) is 14.5 Å². The first-order valence-corrected chi connectivity index (χ1v) is 6.64. The van der Waals surface area contributed by atoms with E-state index in [1.165, 1.54) is 0 Å². The average Bonchev–Trinajstić information content (AvgIpc) is 2.80. The van der Waals surface area contributed by atoms with Crippen LogP contribution in [0.1, 0.15) is 11.4 Å². The number of rotatable bonds is 2. The molecule has 0 bridgehead atoms. The van der Waals surface area contributed by atoms with Gasteiger partial charge in [0.25, 0.3) is 0 Å². The van der Waals surface area contributed by atoms with Crippen LogP contribution >= 0.6 is 23.2 Å². The van der Waals surface area contributed by atoms with Gasteiger partial charge in [0.1, 0.15) is 0 Å². The van der Waals surface area contributed by atoms with Gasteiger partial charge < -0.3 is 9.47 Å². The van der Waals surface area contributed by atoms with Gasteiger partial charge in [0.2, 0.25) is 6.41 Å². The van der Waals surface area contributed by atoms with Crippen molar-refractivity contribution in [3.05, 3.63) is 46.0 Å². The fourth-order valence-electron chi connectivity index (χ4n) is 2.32. The molecule has 19 heavy (non-hydrogen) atoms. The topological polar surface area (TPSA) is 38.1 Å². The molecular weight excluding hydrogens is 285 g/mol. The highest BCUT2D eigenvalue weighted by Crippen LogP contribution is 2.25. The zero-order valence-corrected chi connectivity index (χ0v) is 11.5. The molecule has 6 heteroatoms. The van der Waals surface area contributed by atoms with E-state index in [0.717, 1.165) is 29.9 Å². The first kappa shape index (κ1) is 12.5.